The zero-order valence-electron chi connectivity index (χ0n) is 11.8. The van der Waals surface area contributed by atoms with Gasteiger partial charge in [-0.25, -0.2) is 4.79 Å². The summed E-state index contributed by atoms with van der Waals surface area (Å²) in [5, 5.41) is 5.06. The molecule has 3 amide bonds. The van der Waals surface area contributed by atoms with Crippen molar-refractivity contribution in [2.45, 2.75) is 26.3 Å². The van der Waals surface area contributed by atoms with Crippen LogP contribution >= 0.6 is 15.9 Å². The van der Waals surface area contributed by atoms with Gasteiger partial charge in [-0.1, -0.05) is 15.9 Å². The van der Waals surface area contributed by atoms with Crippen molar-refractivity contribution in [3.05, 3.63) is 28.7 Å². The standard InChI is InChI=1S/C13H16BrN3O4/c1-8(18)21-17-11(19)13(2,3)16-12(20)15-10-6-4-9(14)5-7-10/h4-7H,1-3H3,(H,17,19)(H2,15,16,20). The third kappa shape index (κ3) is 5.82. The number of halogens is 1. The van der Waals surface area contributed by atoms with E-state index in [0.29, 0.717) is 5.69 Å². The minimum atomic E-state index is -1.26. The first-order valence-corrected chi connectivity index (χ1v) is 6.82. The number of hydrogen-bond donors (Lipinski definition) is 3. The second-order valence-electron chi connectivity index (χ2n) is 4.74. The highest BCUT2D eigenvalue weighted by molar-refractivity contribution is 9.10. The van der Waals surface area contributed by atoms with E-state index < -0.39 is 23.4 Å². The maximum absolute atomic E-state index is 11.8. The minimum absolute atomic E-state index is 0.555. The van der Waals surface area contributed by atoms with Gasteiger partial charge in [0.05, 0.1) is 0 Å². The van der Waals surface area contributed by atoms with Crippen molar-refractivity contribution in [1.82, 2.24) is 10.8 Å². The van der Waals surface area contributed by atoms with E-state index in [-0.39, 0.29) is 0 Å². The van der Waals surface area contributed by atoms with Crippen molar-refractivity contribution in [3.63, 3.8) is 0 Å². The number of rotatable bonds is 3. The molecule has 0 fully saturated rings. The van der Waals surface area contributed by atoms with E-state index >= 15 is 0 Å². The number of amides is 3. The third-order valence-corrected chi connectivity index (χ3v) is 2.91. The fourth-order valence-corrected chi connectivity index (χ4v) is 1.55. The SMILES string of the molecule is CC(=O)ONC(=O)C(C)(C)NC(=O)Nc1ccc(Br)cc1. The molecular weight excluding hydrogens is 342 g/mol. The van der Waals surface area contributed by atoms with Crippen LogP contribution in [0.25, 0.3) is 0 Å². The zero-order chi connectivity index (χ0) is 16.0. The smallest absolute Gasteiger partial charge is 0.329 e. The van der Waals surface area contributed by atoms with Crippen molar-refractivity contribution in [2.75, 3.05) is 5.32 Å². The Balaban J connectivity index is 2.57. The lowest BCUT2D eigenvalue weighted by Crippen LogP contribution is -2.55. The van der Waals surface area contributed by atoms with Crippen molar-refractivity contribution < 1.29 is 19.2 Å². The van der Waals surface area contributed by atoms with Crippen molar-refractivity contribution >= 4 is 39.5 Å². The van der Waals surface area contributed by atoms with Gasteiger partial charge in [0.1, 0.15) is 5.54 Å². The van der Waals surface area contributed by atoms with E-state index in [1.54, 1.807) is 24.3 Å². The fraction of sp³-hybridized carbons (Fsp3) is 0.308. The molecule has 1 aromatic carbocycles. The quantitative estimate of drug-likeness (QED) is 0.720. The molecule has 8 heteroatoms. The van der Waals surface area contributed by atoms with Crippen molar-refractivity contribution in [3.8, 4) is 0 Å². The van der Waals surface area contributed by atoms with Gasteiger partial charge in [0.15, 0.2) is 0 Å². The average molecular weight is 358 g/mol. The summed E-state index contributed by atoms with van der Waals surface area (Å²) in [6.45, 7) is 4.11. The Morgan fingerprint density at radius 3 is 2.24 bits per heavy atom. The first kappa shape index (κ1) is 17.0. The summed E-state index contributed by atoms with van der Waals surface area (Å²) < 4.78 is 0.884. The van der Waals surface area contributed by atoms with Gasteiger partial charge < -0.3 is 15.5 Å². The van der Waals surface area contributed by atoms with E-state index in [1.165, 1.54) is 13.8 Å². The van der Waals surface area contributed by atoms with Gasteiger partial charge in [-0.15, -0.1) is 0 Å². The molecule has 21 heavy (non-hydrogen) atoms. The molecule has 0 spiro atoms. The average Bonchev–Trinajstić information content (AvgIpc) is 2.37. The fourth-order valence-electron chi connectivity index (χ4n) is 1.28. The monoisotopic (exact) mass is 357 g/mol. The van der Waals surface area contributed by atoms with Gasteiger partial charge in [-0.3, -0.25) is 9.59 Å². The summed E-state index contributed by atoms with van der Waals surface area (Å²) >= 11 is 3.29. The molecular formula is C13H16BrN3O4. The lowest BCUT2D eigenvalue weighted by atomic mass is 10.1. The van der Waals surface area contributed by atoms with Gasteiger partial charge in [-0.2, -0.15) is 5.48 Å². The summed E-state index contributed by atoms with van der Waals surface area (Å²) in [4.78, 5) is 38.6. The minimum Gasteiger partial charge on any atom is -0.341 e. The molecule has 0 radical (unpaired) electrons. The number of carbonyl (C=O) groups is 3. The molecule has 0 aliphatic rings. The highest BCUT2D eigenvalue weighted by Gasteiger charge is 2.30. The van der Waals surface area contributed by atoms with Crippen molar-refractivity contribution in [2.24, 2.45) is 0 Å². The molecule has 0 saturated carbocycles. The van der Waals surface area contributed by atoms with Crippen LogP contribution < -0.4 is 16.1 Å². The zero-order valence-corrected chi connectivity index (χ0v) is 13.4. The number of hydrogen-bond acceptors (Lipinski definition) is 4. The van der Waals surface area contributed by atoms with Gasteiger partial charge in [-0.05, 0) is 38.1 Å². The number of hydroxylamine groups is 1. The largest absolute Gasteiger partial charge is 0.341 e. The van der Waals surface area contributed by atoms with Gasteiger partial charge in [0, 0.05) is 17.1 Å². The maximum Gasteiger partial charge on any atom is 0.329 e. The van der Waals surface area contributed by atoms with E-state index in [0.717, 1.165) is 11.4 Å². The molecule has 7 nitrogen and oxygen atoms in total. The van der Waals surface area contributed by atoms with Crippen LogP contribution in [0.2, 0.25) is 0 Å². The molecule has 0 aliphatic carbocycles. The first-order chi connectivity index (χ1) is 9.70. The summed E-state index contributed by atoms with van der Waals surface area (Å²) in [7, 11) is 0. The summed E-state index contributed by atoms with van der Waals surface area (Å²) in [5.74, 6) is -1.30. The molecule has 0 heterocycles. The van der Waals surface area contributed by atoms with Crippen LogP contribution in [-0.4, -0.2) is 23.4 Å². The predicted molar refractivity (Wildman–Crippen MR) is 80.3 cm³/mol. The van der Waals surface area contributed by atoms with E-state index in [2.05, 4.69) is 31.4 Å². The highest BCUT2D eigenvalue weighted by atomic mass is 79.9. The molecule has 3 N–H and O–H groups in total. The summed E-state index contributed by atoms with van der Waals surface area (Å²) in [5.41, 5.74) is 1.28. The Bertz CT molecular complexity index is 543. The predicted octanol–water partition coefficient (Wildman–Crippen LogP) is 1.94. The Morgan fingerprint density at radius 1 is 1.14 bits per heavy atom. The highest BCUT2D eigenvalue weighted by Crippen LogP contribution is 2.14. The van der Waals surface area contributed by atoms with Gasteiger partial charge >= 0.3 is 12.0 Å². The second kappa shape index (κ2) is 7.07. The van der Waals surface area contributed by atoms with Gasteiger partial charge in [0.25, 0.3) is 5.91 Å². The topological polar surface area (TPSA) is 96.5 Å². The van der Waals surface area contributed by atoms with Crippen LogP contribution in [-0.2, 0) is 14.4 Å². The Morgan fingerprint density at radius 2 is 1.71 bits per heavy atom. The summed E-state index contributed by atoms with van der Waals surface area (Å²) in [6.07, 6.45) is 0. The molecule has 0 bridgehead atoms. The first-order valence-electron chi connectivity index (χ1n) is 6.03. The molecule has 0 unspecified atom stereocenters. The van der Waals surface area contributed by atoms with E-state index in [4.69, 9.17) is 0 Å². The Kier molecular flexibility index (Phi) is 5.71. The van der Waals surface area contributed by atoms with Crippen LogP contribution in [0.5, 0.6) is 0 Å². The molecule has 0 atom stereocenters. The van der Waals surface area contributed by atoms with Crippen LogP contribution in [0.3, 0.4) is 0 Å². The molecule has 1 rings (SSSR count). The number of carbonyl (C=O) groups excluding carboxylic acids is 3. The molecule has 0 saturated heterocycles. The van der Waals surface area contributed by atoms with Crippen LogP contribution in [0.4, 0.5) is 10.5 Å². The van der Waals surface area contributed by atoms with Crippen LogP contribution in [0.15, 0.2) is 28.7 Å². The molecule has 114 valence electrons. The lowest BCUT2D eigenvalue weighted by molar-refractivity contribution is -0.158. The molecule has 1 aromatic rings. The summed E-state index contributed by atoms with van der Waals surface area (Å²) in [6, 6.07) is 6.40. The number of nitrogens with one attached hydrogen (secondary N) is 3. The number of urea groups is 1. The van der Waals surface area contributed by atoms with Crippen LogP contribution in [0, 0.1) is 0 Å². The van der Waals surface area contributed by atoms with E-state index in [1.807, 2.05) is 5.48 Å². The second-order valence-corrected chi connectivity index (χ2v) is 5.65. The Hall–Kier alpha value is -2.09. The van der Waals surface area contributed by atoms with Crippen molar-refractivity contribution in [1.29, 1.82) is 0 Å². The molecule has 0 aromatic heterocycles. The van der Waals surface area contributed by atoms with E-state index in [9.17, 15) is 14.4 Å². The third-order valence-electron chi connectivity index (χ3n) is 2.38. The molecule has 0 aliphatic heterocycles. The number of benzene rings is 1. The lowest BCUT2D eigenvalue weighted by Gasteiger charge is -2.24. The van der Waals surface area contributed by atoms with Crippen LogP contribution in [0.1, 0.15) is 20.8 Å². The Labute approximate surface area is 130 Å². The normalized spacial score (nSPS) is 10.5. The van der Waals surface area contributed by atoms with Gasteiger partial charge in [0.2, 0.25) is 0 Å². The number of anilines is 1. The maximum atomic E-state index is 11.8.